The van der Waals surface area contributed by atoms with E-state index in [0.29, 0.717) is 11.3 Å². The Balaban J connectivity index is 2.53. The van der Waals surface area contributed by atoms with Crippen molar-refractivity contribution in [3.63, 3.8) is 0 Å². The molecule has 0 saturated heterocycles. The first kappa shape index (κ1) is 12.1. The van der Waals surface area contributed by atoms with Gasteiger partial charge in [0.25, 0.3) is 0 Å². The molecule has 1 aromatic carbocycles. The van der Waals surface area contributed by atoms with Gasteiger partial charge in [0, 0.05) is 25.4 Å². The van der Waals surface area contributed by atoms with E-state index >= 15 is 0 Å². The van der Waals surface area contributed by atoms with E-state index in [2.05, 4.69) is 0 Å². The molecule has 0 aromatic heterocycles. The van der Waals surface area contributed by atoms with Gasteiger partial charge >= 0.3 is 0 Å². The fraction of sp³-hybridized carbons (Fsp3) is 0.417. The van der Waals surface area contributed by atoms with E-state index in [1.807, 2.05) is 0 Å². The fourth-order valence-electron chi connectivity index (χ4n) is 2.05. The average Bonchev–Trinajstić information content (AvgIpc) is 2.38. The average molecular weight is 253 g/mol. The van der Waals surface area contributed by atoms with Gasteiger partial charge in [0.2, 0.25) is 5.91 Å². The number of nitrogens with zero attached hydrogens (tertiary/aromatic N) is 1. The lowest BCUT2D eigenvalue weighted by atomic mass is 10.1. The Kier molecular flexibility index (Phi) is 2.95. The molecule has 0 saturated carbocycles. The summed E-state index contributed by atoms with van der Waals surface area (Å²) in [6.45, 7) is 0. The molecule has 0 spiro atoms. The zero-order chi connectivity index (χ0) is 12.6. The summed E-state index contributed by atoms with van der Waals surface area (Å²) >= 11 is 0. The third kappa shape index (κ3) is 2.34. The van der Waals surface area contributed by atoms with Crippen molar-refractivity contribution in [3.8, 4) is 0 Å². The smallest absolute Gasteiger partial charge is 0.226 e. The highest BCUT2D eigenvalue weighted by molar-refractivity contribution is 7.90. The Bertz CT molecular complexity index is 563. The molecule has 17 heavy (non-hydrogen) atoms. The Morgan fingerprint density at radius 1 is 1.24 bits per heavy atom. The second kappa shape index (κ2) is 4.14. The number of rotatable bonds is 1. The summed E-state index contributed by atoms with van der Waals surface area (Å²) in [6.07, 6.45) is 3.22. The lowest BCUT2D eigenvalue weighted by molar-refractivity contribution is -0.118. The van der Waals surface area contributed by atoms with Crippen molar-refractivity contribution >= 4 is 21.4 Å². The molecule has 0 N–H and O–H groups in total. The van der Waals surface area contributed by atoms with E-state index in [-0.39, 0.29) is 5.91 Å². The van der Waals surface area contributed by atoms with Crippen molar-refractivity contribution in [1.82, 2.24) is 0 Å². The maximum atomic E-state index is 11.7. The molecule has 0 radical (unpaired) electrons. The van der Waals surface area contributed by atoms with E-state index in [1.165, 1.54) is 6.26 Å². The Labute approximate surface area is 101 Å². The van der Waals surface area contributed by atoms with Crippen LogP contribution in [0.4, 0.5) is 5.69 Å². The summed E-state index contributed by atoms with van der Waals surface area (Å²) in [4.78, 5) is 13.6. The summed E-state index contributed by atoms with van der Waals surface area (Å²) < 4.78 is 22.9. The minimum atomic E-state index is -3.18. The molecule has 1 aromatic rings. The van der Waals surface area contributed by atoms with Gasteiger partial charge in [-0.05, 0) is 36.6 Å². The van der Waals surface area contributed by atoms with Crippen LogP contribution in [-0.2, 0) is 21.1 Å². The van der Waals surface area contributed by atoms with Crippen molar-refractivity contribution in [1.29, 1.82) is 0 Å². The fourth-order valence-corrected chi connectivity index (χ4v) is 2.72. The lowest BCUT2D eigenvalue weighted by Crippen LogP contribution is -2.25. The molecule has 0 unspecified atom stereocenters. The minimum absolute atomic E-state index is 0.0795. The molecule has 1 heterocycles. The van der Waals surface area contributed by atoms with Crippen molar-refractivity contribution in [2.24, 2.45) is 0 Å². The van der Waals surface area contributed by atoms with E-state index in [9.17, 15) is 13.2 Å². The first-order valence-electron chi connectivity index (χ1n) is 5.49. The highest BCUT2D eigenvalue weighted by atomic mass is 32.2. The molecule has 0 atom stereocenters. The van der Waals surface area contributed by atoms with Gasteiger partial charge < -0.3 is 4.90 Å². The van der Waals surface area contributed by atoms with Gasteiger partial charge in [0.05, 0.1) is 4.90 Å². The third-order valence-corrected chi connectivity index (χ3v) is 4.16. The summed E-state index contributed by atoms with van der Waals surface area (Å²) in [5, 5.41) is 0. The van der Waals surface area contributed by atoms with Crippen LogP contribution in [0.2, 0.25) is 0 Å². The highest BCUT2D eigenvalue weighted by Crippen LogP contribution is 2.28. The molecule has 4 nitrogen and oxygen atoms in total. The van der Waals surface area contributed by atoms with E-state index in [0.717, 1.165) is 24.1 Å². The third-order valence-electron chi connectivity index (χ3n) is 3.05. The molecule has 92 valence electrons. The zero-order valence-corrected chi connectivity index (χ0v) is 10.8. The number of sulfone groups is 1. The van der Waals surface area contributed by atoms with Crippen molar-refractivity contribution in [2.45, 2.75) is 24.2 Å². The van der Waals surface area contributed by atoms with Gasteiger partial charge in [-0.1, -0.05) is 0 Å². The highest BCUT2D eigenvalue weighted by Gasteiger charge is 2.20. The topological polar surface area (TPSA) is 54.5 Å². The molecule has 5 heteroatoms. The first-order valence-corrected chi connectivity index (χ1v) is 7.38. The summed E-state index contributed by atoms with van der Waals surface area (Å²) in [5.74, 6) is 0.0795. The number of benzene rings is 1. The molecular formula is C12H15NO3S. The Morgan fingerprint density at radius 3 is 2.59 bits per heavy atom. The molecule has 0 bridgehead atoms. The van der Waals surface area contributed by atoms with E-state index in [4.69, 9.17) is 0 Å². The number of aryl methyl sites for hydroxylation is 1. The van der Waals surface area contributed by atoms with E-state index < -0.39 is 9.84 Å². The Morgan fingerprint density at radius 2 is 1.94 bits per heavy atom. The number of hydrogen-bond acceptors (Lipinski definition) is 3. The molecule has 0 aliphatic carbocycles. The quantitative estimate of drug-likeness (QED) is 0.760. The SMILES string of the molecule is CN1C(=O)CCCc2cc(S(C)(=O)=O)ccc21. The van der Waals surface area contributed by atoms with Crippen LogP contribution in [0.25, 0.3) is 0 Å². The van der Waals surface area contributed by atoms with Crippen LogP contribution in [-0.4, -0.2) is 27.6 Å². The van der Waals surface area contributed by atoms with Crippen LogP contribution >= 0.6 is 0 Å². The Hall–Kier alpha value is -1.36. The van der Waals surface area contributed by atoms with Crippen molar-refractivity contribution in [2.75, 3.05) is 18.2 Å². The summed E-state index contributed by atoms with van der Waals surface area (Å²) in [5.41, 5.74) is 1.75. The van der Waals surface area contributed by atoms with Gasteiger partial charge in [-0.15, -0.1) is 0 Å². The molecule has 1 amide bonds. The van der Waals surface area contributed by atoms with E-state index in [1.54, 1.807) is 30.1 Å². The molecular weight excluding hydrogens is 238 g/mol. The molecule has 1 aliphatic heterocycles. The minimum Gasteiger partial charge on any atom is -0.315 e. The van der Waals surface area contributed by atoms with Crippen LogP contribution in [0, 0.1) is 0 Å². The normalized spacial score (nSPS) is 16.6. The first-order chi connectivity index (χ1) is 7.89. The maximum Gasteiger partial charge on any atom is 0.226 e. The second-order valence-electron chi connectivity index (χ2n) is 4.37. The van der Waals surface area contributed by atoms with Crippen LogP contribution in [0.1, 0.15) is 18.4 Å². The van der Waals surface area contributed by atoms with Crippen LogP contribution in [0.3, 0.4) is 0 Å². The molecule has 1 aliphatic rings. The van der Waals surface area contributed by atoms with Crippen LogP contribution in [0.15, 0.2) is 23.1 Å². The lowest BCUT2D eigenvalue weighted by Gasteiger charge is -2.17. The zero-order valence-electron chi connectivity index (χ0n) is 9.93. The number of anilines is 1. The number of carbonyl (C=O) groups excluding carboxylic acids is 1. The van der Waals surface area contributed by atoms with Crippen molar-refractivity contribution in [3.05, 3.63) is 23.8 Å². The predicted molar refractivity (Wildman–Crippen MR) is 65.9 cm³/mol. The number of carbonyl (C=O) groups is 1. The van der Waals surface area contributed by atoms with Crippen LogP contribution in [0.5, 0.6) is 0 Å². The van der Waals surface area contributed by atoms with Gasteiger partial charge in [0.1, 0.15) is 0 Å². The van der Waals surface area contributed by atoms with Crippen molar-refractivity contribution < 1.29 is 13.2 Å². The number of fused-ring (bicyclic) bond motifs is 1. The largest absolute Gasteiger partial charge is 0.315 e. The molecule has 0 fully saturated rings. The van der Waals surface area contributed by atoms with Gasteiger partial charge in [-0.25, -0.2) is 8.42 Å². The second-order valence-corrected chi connectivity index (χ2v) is 6.38. The van der Waals surface area contributed by atoms with Gasteiger partial charge in [0.15, 0.2) is 9.84 Å². The monoisotopic (exact) mass is 253 g/mol. The summed E-state index contributed by atoms with van der Waals surface area (Å²) in [6, 6.07) is 4.96. The number of hydrogen-bond donors (Lipinski definition) is 0. The van der Waals surface area contributed by atoms with Gasteiger partial charge in [-0.3, -0.25) is 4.79 Å². The number of amides is 1. The summed E-state index contributed by atoms with van der Waals surface area (Å²) in [7, 11) is -1.45. The predicted octanol–water partition coefficient (Wildman–Crippen LogP) is 1.39. The standard InChI is InChI=1S/C12H15NO3S/c1-13-11-7-6-10(17(2,15)16)8-9(11)4-3-5-12(13)14/h6-8H,3-5H2,1-2H3. The maximum absolute atomic E-state index is 11.7. The molecule has 2 rings (SSSR count). The van der Waals surface area contributed by atoms with Crippen LogP contribution < -0.4 is 4.90 Å². The van der Waals surface area contributed by atoms with Gasteiger partial charge in [-0.2, -0.15) is 0 Å².